The second-order valence-electron chi connectivity index (χ2n) is 9.52. The molecule has 10 heteroatoms. The van der Waals surface area contributed by atoms with E-state index in [1.165, 1.54) is 0 Å². The lowest BCUT2D eigenvalue weighted by Crippen LogP contribution is -2.47. The Morgan fingerprint density at radius 1 is 1.05 bits per heavy atom. The van der Waals surface area contributed by atoms with Crippen LogP contribution >= 0.6 is 0 Å². The van der Waals surface area contributed by atoms with Gasteiger partial charge in [0.1, 0.15) is 18.0 Å². The van der Waals surface area contributed by atoms with Crippen molar-refractivity contribution < 1.29 is 33.6 Å². The summed E-state index contributed by atoms with van der Waals surface area (Å²) in [5.41, 5.74) is 2.90. The molecule has 196 valence electrons. The average Bonchev–Trinajstić information content (AvgIpc) is 3.56. The molecule has 2 amide bonds. The van der Waals surface area contributed by atoms with Crippen LogP contribution in [0.3, 0.4) is 0 Å². The fourth-order valence-corrected chi connectivity index (χ4v) is 5.19. The zero-order valence-corrected chi connectivity index (χ0v) is 20.5. The molecule has 0 spiro atoms. The van der Waals surface area contributed by atoms with Gasteiger partial charge in [-0.25, -0.2) is 0 Å². The molecule has 3 aliphatic rings. The molecule has 3 N–H and O–H groups in total. The zero-order valence-electron chi connectivity index (χ0n) is 20.5. The van der Waals surface area contributed by atoms with E-state index >= 15 is 0 Å². The van der Waals surface area contributed by atoms with Crippen molar-refractivity contribution in [2.75, 3.05) is 18.7 Å². The van der Waals surface area contributed by atoms with E-state index in [4.69, 9.17) is 18.9 Å². The van der Waals surface area contributed by atoms with E-state index < -0.39 is 6.10 Å². The van der Waals surface area contributed by atoms with Gasteiger partial charge in [-0.1, -0.05) is 6.07 Å². The number of rotatable bonds is 7. The van der Waals surface area contributed by atoms with Crippen LogP contribution in [0.15, 0.2) is 60.9 Å². The van der Waals surface area contributed by atoms with Crippen molar-refractivity contribution in [2.45, 2.75) is 43.6 Å². The van der Waals surface area contributed by atoms with Crippen molar-refractivity contribution in [3.63, 3.8) is 0 Å². The van der Waals surface area contributed by atoms with Crippen molar-refractivity contribution in [1.82, 2.24) is 10.3 Å². The topological polar surface area (TPSA) is 128 Å². The van der Waals surface area contributed by atoms with Gasteiger partial charge < -0.3 is 34.7 Å². The third-order valence-corrected chi connectivity index (χ3v) is 7.02. The number of amides is 2. The second kappa shape index (κ2) is 10.3. The van der Waals surface area contributed by atoms with Gasteiger partial charge >= 0.3 is 0 Å². The van der Waals surface area contributed by atoms with Gasteiger partial charge in [-0.3, -0.25) is 14.6 Å². The van der Waals surface area contributed by atoms with Crippen molar-refractivity contribution >= 4 is 17.5 Å². The van der Waals surface area contributed by atoms with Crippen LogP contribution in [0.1, 0.15) is 40.2 Å². The average molecular weight is 518 g/mol. The molecule has 1 aromatic heterocycles. The highest BCUT2D eigenvalue weighted by Gasteiger charge is 2.46. The molecule has 1 fully saturated rings. The minimum atomic E-state index is -0.566. The maximum absolute atomic E-state index is 12.9. The first-order chi connectivity index (χ1) is 18.6. The van der Waals surface area contributed by atoms with E-state index in [1.807, 2.05) is 24.3 Å². The molecule has 3 aromatic rings. The van der Waals surface area contributed by atoms with Crippen molar-refractivity contribution in [3.05, 3.63) is 77.6 Å². The minimum Gasteiger partial charge on any atom is -0.487 e. The third kappa shape index (κ3) is 4.88. The van der Waals surface area contributed by atoms with Crippen LogP contribution in [0, 0.1) is 0 Å². The number of hydrogen-bond donors (Lipinski definition) is 3. The molecule has 6 rings (SSSR count). The lowest BCUT2D eigenvalue weighted by molar-refractivity contribution is -0.142. The lowest BCUT2D eigenvalue weighted by Gasteiger charge is -2.37. The largest absolute Gasteiger partial charge is 0.487 e. The summed E-state index contributed by atoms with van der Waals surface area (Å²) in [6.45, 7) is 0.295. The predicted octanol–water partition coefficient (Wildman–Crippen LogP) is 2.76. The quantitative estimate of drug-likeness (QED) is 0.437. The molecule has 0 unspecified atom stereocenters. The van der Waals surface area contributed by atoms with Crippen LogP contribution < -0.4 is 24.8 Å². The standard InChI is InChI=1S/C28H27N3O7/c32-14-25-27-21(10-19(37-25)11-26(33)30-13-16-2-1-7-29-12-16)20-9-18(4-6-22(20)38-27)31-28(34)17-3-5-23-24(8-17)36-15-35-23/h1-9,12,19,21,25,27,32H,10-11,13-15H2,(H,30,33)(H,31,34)/t19-,21-,25-,27+/m1/s1. The number of carbonyl (C=O) groups excluding carboxylic acids is 2. The summed E-state index contributed by atoms with van der Waals surface area (Å²) in [7, 11) is 0. The molecule has 0 saturated carbocycles. The Kier molecular flexibility index (Phi) is 6.57. The molecule has 1 saturated heterocycles. The Balaban J connectivity index is 1.13. The second-order valence-corrected chi connectivity index (χ2v) is 9.52. The molecule has 2 aromatic carbocycles. The normalized spacial score (nSPS) is 22.7. The van der Waals surface area contributed by atoms with E-state index in [0.717, 1.165) is 11.1 Å². The van der Waals surface area contributed by atoms with Crippen LogP contribution in [-0.2, 0) is 16.1 Å². The molecule has 10 nitrogen and oxygen atoms in total. The van der Waals surface area contributed by atoms with Crippen LogP contribution in [-0.4, -0.2) is 53.6 Å². The molecular weight excluding hydrogens is 490 g/mol. The number of benzene rings is 2. The van der Waals surface area contributed by atoms with E-state index in [2.05, 4.69) is 15.6 Å². The number of aromatic nitrogens is 1. The Morgan fingerprint density at radius 3 is 2.76 bits per heavy atom. The third-order valence-electron chi connectivity index (χ3n) is 7.02. The predicted molar refractivity (Wildman–Crippen MR) is 135 cm³/mol. The van der Waals surface area contributed by atoms with E-state index in [-0.39, 0.29) is 49.8 Å². The minimum absolute atomic E-state index is 0.0885. The maximum atomic E-state index is 12.9. The highest BCUT2D eigenvalue weighted by atomic mass is 16.7. The molecular formula is C28H27N3O7. The van der Waals surface area contributed by atoms with Gasteiger partial charge in [-0.05, 0) is 54.4 Å². The summed E-state index contributed by atoms with van der Waals surface area (Å²) in [6.07, 6.45) is 2.78. The molecule has 38 heavy (non-hydrogen) atoms. The van der Waals surface area contributed by atoms with Gasteiger partial charge in [0, 0.05) is 41.7 Å². The first kappa shape index (κ1) is 24.2. The van der Waals surface area contributed by atoms with Crippen LogP contribution in [0.5, 0.6) is 17.2 Å². The lowest BCUT2D eigenvalue weighted by atomic mass is 9.84. The number of anilines is 1. The Hall–Kier alpha value is -4.15. The summed E-state index contributed by atoms with van der Waals surface area (Å²) in [4.78, 5) is 29.6. The van der Waals surface area contributed by atoms with E-state index in [1.54, 1.807) is 36.7 Å². The van der Waals surface area contributed by atoms with Crippen LogP contribution in [0.2, 0.25) is 0 Å². The van der Waals surface area contributed by atoms with Gasteiger partial charge in [0.05, 0.1) is 19.1 Å². The van der Waals surface area contributed by atoms with Gasteiger partial charge in [0.25, 0.3) is 5.91 Å². The summed E-state index contributed by atoms with van der Waals surface area (Å²) < 4.78 is 22.9. The monoisotopic (exact) mass is 517 g/mol. The Bertz CT molecular complexity index is 1350. The fraction of sp³-hybridized carbons (Fsp3) is 0.321. The smallest absolute Gasteiger partial charge is 0.255 e. The highest BCUT2D eigenvalue weighted by Crippen LogP contribution is 2.47. The molecule has 0 radical (unpaired) electrons. The fourth-order valence-electron chi connectivity index (χ4n) is 5.19. The first-order valence-electron chi connectivity index (χ1n) is 12.5. The number of pyridine rings is 1. The highest BCUT2D eigenvalue weighted by molar-refractivity contribution is 6.04. The zero-order chi connectivity index (χ0) is 26.1. The number of carbonyl (C=O) groups is 2. The van der Waals surface area contributed by atoms with Gasteiger partial charge in [0.2, 0.25) is 12.7 Å². The molecule has 3 aliphatic heterocycles. The number of aliphatic hydroxyl groups is 1. The number of aliphatic hydroxyl groups excluding tert-OH is 1. The Morgan fingerprint density at radius 2 is 1.92 bits per heavy atom. The molecule has 0 bridgehead atoms. The van der Waals surface area contributed by atoms with Gasteiger partial charge in [-0.15, -0.1) is 0 Å². The SMILES string of the molecule is O=C(C[C@H]1C[C@@H]2c3cc(NC(=O)c4ccc5c(c4)OCO5)ccc3O[C@@H]2[C@@H](CO)O1)NCc1cccnc1. The molecule has 0 aliphatic carbocycles. The number of fused-ring (bicyclic) bond motifs is 4. The van der Waals surface area contributed by atoms with Gasteiger partial charge in [-0.2, -0.15) is 0 Å². The summed E-state index contributed by atoms with van der Waals surface area (Å²) in [5, 5.41) is 15.8. The summed E-state index contributed by atoms with van der Waals surface area (Å²) in [5.74, 6) is 1.33. The molecule has 4 heterocycles. The molecule has 4 atom stereocenters. The van der Waals surface area contributed by atoms with Crippen molar-refractivity contribution in [3.8, 4) is 17.2 Å². The van der Waals surface area contributed by atoms with Crippen molar-refractivity contribution in [2.24, 2.45) is 0 Å². The van der Waals surface area contributed by atoms with Crippen LogP contribution in [0.4, 0.5) is 5.69 Å². The van der Waals surface area contributed by atoms with Gasteiger partial charge in [0.15, 0.2) is 11.5 Å². The number of nitrogens with zero attached hydrogens (tertiary/aromatic N) is 1. The van der Waals surface area contributed by atoms with E-state index in [9.17, 15) is 14.7 Å². The summed E-state index contributed by atoms with van der Waals surface area (Å²) >= 11 is 0. The number of nitrogens with one attached hydrogen (secondary N) is 2. The van der Waals surface area contributed by atoms with Crippen molar-refractivity contribution in [1.29, 1.82) is 0 Å². The van der Waals surface area contributed by atoms with Crippen LogP contribution in [0.25, 0.3) is 0 Å². The Labute approximate surface area is 218 Å². The number of ether oxygens (including phenoxy) is 4. The maximum Gasteiger partial charge on any atom is 0.255 e. The summed E-state index contributed by atoms with van der Waals surface area (Å²) in [6, 6.07) is 14.2. The number of hydrogen-bond acceptors (Lipinski definition) is 8. The van der Waals surface area contributed by atoms with E-state index in [0.29, 0.717) is 41.5 Å². The first-order valence-corrected chi connectivity index (χ1v) is 12.5.